The largest absolute Gasteiger partial charge is 0.328 e. The molecule has 0 unspecified atom stereocenters. The number of likely N-dealkylation sites (tertiary alicyclic amines) is 1. The lowest BCUT2D eigenvalue weighted by molar-refractivity contribution is 0.325. The third kappa shape index (κ3) is 2.88. The minimum absolute atomic E-state index is 1.08. The molecule has 1 aromatic heterocycles. The average Bonchev–Trinajstić information content (AvgIpc) is 3.08. The fourth-order valence-corrected chi connectivity index (χ4v) is 3.25. The minimum atomic E-state index is 1.08. The first kappa shape index (κ1) is 13.6. The zero-order chi connectivity index (χ0) is 13.8. The summed E-state index contributed by atoms with van der Waals surface area (Å²) in [6.45, 7) is 7.16. The van der Waals surface area contributed by atoms with Crippen molar-refractivity contribution in [2.75, 3.05) is 19.6 Å². The molecule has 0 spiro atoms. The number of aromatic nitrogens is 2. The quantitative estimate of drug-likeness (QED) is 0.802. The fraction of sp³-hybridized carbons (Fsp3) is 0.588. The van der Waals surface area contributed by atoms with Crippen molar-refractivity contribution in [1.29, 1.82) is 0 Å². The van der Waals surface area contributed by atoms with Crippen LogP contribution in [0, 0.1) is 0 Å². The van der Waals surface area contributed by atoms with Gasteiger partial charge in [0.25, 0.3) is 0 Å². The van der Waals surface area contributed by atoms with Crippen molar-refractivity contribution in [3.8, 4) is 0 Å². The zero-order valence-electron chi connectivity index (χ0n) is 12.5. The van der Waals surface area contributed by atoms with E-state index in [9.17, 15) is 0 Å². The van der Waals surface area contributed by atoms with Crippen LogP contribution in [0.5, 0.6) is 0 Å². The van der Waals surface area contributed by atoms with Crippen LogP contribution in [0.1, 0.15) is 38.4 Å². The molecule has 0 aliphatic carbocycles. The van der Waals surface area contributed by atoms with Crippen LogP contribution in [0.2, 0.25) is 0 Å². The number of hydrogen-bond acceptors (Lipinski definition) is 2. The van der Waals surface area contributed by atoms with Gasteiger partial charge in [-0.1, -0.05) is 19.1 Å². The van der Waals surface area contributed by atoms with Gasteiger partial charge in [-0.15, -0.1) is 0 Å². The molecule has 3 rings (SSSR count). The highest BCUT2D eigenvalue weighted by atomic mass is 15.1. The molecule has 0 N–H and O–H groups in total. The summed E-state index contributed by atoms with van der Waals surface area (Å²) in [5.74, 6) is 1.26. The van der Waals surface area contributed by atoms with E-state index in [1.54, 1.807) is 0 Å². The lowest BCUT2D eigenvalue weighted by atomic mass is 10.3. The van der Waals surface area contributed by atoms with Crippen molar-refractivity contribution >= 4 is 11.0 Å². The Kier molecular flexibility index (Phi) is 4.36. The van der Waals surface area contributed by atoms with Gasteiger partial charge in [0, 0.05) is 13.0 Å². The molecule has 3 heteroatoms. The van der Waals surface area contributed by atoms with Crippen LogP contribution in [0.3, 0.4) is 0 Å². The van der Waals surface area contributed by atoms with Gasteiger partial charge in [-0.05, 0) is 57.5 Å². The summed E-state index contributed by atoms with van der Waals surface area (Å²) in [6.07, 6.45) is 6.25. The Hall–Kier alpha value is -1.35. The van der Waals surface area contributed by atoms with Gasteiger partial charge in [0.1, 0.15) is 5.82 Å². The van der Waals surface area contributed by atoms with E-state index in [-0.39, 0.29) is 0 Å². The second-order valence-electron chi connectivity index (χ2n) is 5.82. The van der Waals surface area contributed by atoms with Gasteiger partial charge in [-0.2, -0.15) is 0 Å². The number of rotatable bonds is 6. The maximum Gasteiger partial charge on any atom is 0.109 e. The molecule has 1 fully saturated rings. The smallest absolute Gasteiger partial charge is 0.109 e. The molecule has 20 heavy (non-hydrogen) atoms. The fourth-order valence-electron chi connectivity index (χ4n) is 3.25. The normalized spacial score (nSPS) is 16.2. The monoisotopic (exact) mass is 271 g/mol. The van der Waals surface area contributed by atoms with E-state index < -0.39 is 0 Å². The Morgan fingerprint density at radius 1 is 1.10 bits per heavy atom. The maximum atomic E-state index is 4.80. The van der Waals surface area contributed by atoms with Gasteiger partial charge in [0.05, 0.1) is 11.0 Å². The molecule has 1 aliphatic rings. The highest BCUT2D eigenvalue weighted by Gasteiger charge is 2.12. The summed E-state index contributed by atoms with van der Waals surface area (Å²) in [6, 6.07) is 8.54. The van der Waals surface area contributed by atoms with Crippen LogP contribution >= 0.6 is 0 Å². The third-order valence-corrected chi connectivity index (χ3v) is 4.26. The molecule has 0 saturated carbocycles. The number of aryl methyl sites for hydroxylation is 2. The first-order valence-corrected chi connectivity index (χ1v) is 8.05. The predicted molar refractivity (Wildman–Crippen MR) is 84.0 cm³/mol. The molecule has 2 heterocycles. The average molecular weight is 271 g/mol. The van der Waals surface area contributed by atoms with E-state index in [2.05, 4.69) is 40.7 Å². The van der Waals surface area contributed by atoms with Crippen LogP contribution in [0.4, 0.5) is 0 Å². The molecule has 1 saturated heterocycles. The van der Waals surface area contributed by atoms with Crippen LogP contribution in [0.25, 0.3) is 11.0 Å². The van der Waals surface area contributed by atoms with E-state index >= 15 is 0 Å². The lowest BCUT2D eigenvalue weighted by Crippen LogP contribution is -2.21. The number of fused-ring (bicyclic) bond motifs is 1. The summed E-state index contributed by atoms with van der Waals surface area (Å²) >= 11 is 0. The minimum Gasteiger partial charge on any atom is -0.328 e. The standard InChI is InChI=1S/C17H25N3/c1-2-8-17-18-15-9-3-4-10-16(15)20(17)14-7-13-19-11-5-6-12-19/h3-4,9-10H,2,5-8,11-14H2,1H3. The summed E-state index contributed by atoms with van der Waals surface area (Å²) in [4.78, 5) is 7.40. The van der Waals surface area contributed by atoms with Gasteiger partial charge >= 0.3 is 0 Å². The number of benzene rings is 1. The lowest BCUT2D eigenvalue weighted by Gasteiger charge is -2.15. The van der Waals surface area contributed by atoms with E-state index in [0.29, 0.717) is 0 Å². The summed E-state index contributed by atoms with van der Waals surface area (Å²) in [5.41, 5.74) is 2.45. The Balaban J connectivity index is 1.72. The SMILES string of the molecule is CCCc1nc2ccccc2n1CCCN1CCCC1. The van der Waals surface area contributed by atoms with Crippen molar-refractivity contribution in [3.63, 3.8) is 0 Å². The Morgan fingerprint density at radius 3 is 2.70 bits per heavy atom. The highest BCUT2D eigenvalue weighted by Crippen LogP contribution is 2.18. The molecule has 2 aromatic rings. The third-order valence-electron chi connectivity index (χ3n) is 4.26. The zero-order valence-corrected chi connectivity index (χ0v) is 12.5. The van der Waals surface area contributed by atoms with Crippen LogP contribution in [-0.4, -0.2) is 34.1 Å². The van der Waals surface area contributed by atoms with Crippen LogP contribution in [-0.2, 0) is 13.0 Å². The summed E-state index contributed by atoms with van der Waals surface area (Å²) < 4.78 is 2.44. The second-order valence-corrected chi connectivity index (χ2v) is 5.82. The van der Waals surface area contributed by atoms with Crippen molar-refractivity contribution in [3.05, 3.63) is 30.1 Å². The highest BCUT2D eigenvalue weighted by molar-refractivity contribution is 5.75. The molecular weight excluding hydrogens is 246 g/mol. The molecule has 0 radical (unpaired) electrons. The van der Waals surface area contributed by atoms with E-state index in [1.165, 1.54) is 50.2 Å². The van der Waals surface area contributed by atoms with Crippen LogP contribution in [0.15, 0.2) is 24.3 Å². The molecule has 108 valence electrons. The van der Waals surface area contributed by atoms with Gasteiger partial charge in [-0.25, -0.2) is 4.98 Å². The van der Waals surface area contributed by atoms with Gasteiger partial charge in [0.15, 0.2) is 0 Å². The van der Waals surface area contributed by atoms with Crippen molar-refractivity contribution < 1.29 is 0 Å². The Labute approximate surface area is 121 Å². The summed E-state index contributed by atoms with van der Waals surface area (Å²) in [5, 5.41) is 0. The number of para-hydroxylation sites is 2. The molecule has 0 amide bonds. The molecule has 1 aromatic carbocycles. The van der Waals surface area contributed by atoms with Gasteiger partial charge in [-0.3, -0.25) is 0 Å². The maximum absolute atomic E-state index is 4.80. The van der Waals surface area contributed by atoms with E-state index in [4.69, 9.17) is 4.98 Å². The molecular formula is C17H25N3. The predicted octanol–water partition coefficient (Wildman–Crippen LogP) is 3.47. The topological polar surface area (TPSA) is 21.1 Å². The Morgan fingerprint density at radius 2 is 1.90 bits per heavy atom. The first-order chi connectivity index (χ1) is 9.88. The molecule has 0 bridgehead atoms. The van der Waals surface area contributed by atoms with E-state index in [0.717, 1.165) is 24.9 Å². The molecule has 0 atom stereocenters. The Bertz CT molecular complexity index is 552. The summed E-state index contributed by atoms with van der Waals surface area (Å²) in [7, 11) is 0. The van der Waals surface area contributed by atoms with Crippen molar-refractivity contribution in [1.82, 2.24) is 14.5 Å². The van der Waals surface area contributed by atoms with E-state index in [1.807, 2.05) is 0 Å². The number of nitrogens with zero attached hydrogens (tertiary/aromatic N) is 3. The molecule has 3 nitrogen and oxygen atoms in total. The number of imidazole rings is 1. The van der Waals surface area contributed by atoms with Crippen molar-refractivity contribution in [2.24, 2.45) is 0 Å². The second kappa shape index (κ2) is 6.40. The first-order valence-electron chi connectivity index (χ1n) is 8.05. The van der Waals surface area contributed by atoms with Gasteiger partial charge in [0.2, 0.25) is 0 Å². The number of hydrogen-bond donors (Lipinski definition) is 0. The van der Waals surface area contributed by atoms with Gasteiger partial charge < -0.3 is 9.47 Å². The van der Waals surface area contributed by atoms with Crippen molar-refractivity contribution in [2.45, 2.75) is 45.6 Å². The van der Waals surface area contributed by atoms with Crippen LogP contribution < -0.4 is 0 Å². The molecule has 1 aliphatic heterocycles.